The summed E-state index contributed by atoms with van der Waals surface area (Å²) in [6.45, 7) is 4.01. The first kappa shape index (κ1) is 15.1. The second-order valence-corrected chi connectivity index (χ2v) is 5.82. The molecule has 0 aliphatic carbocycles. The molecule has 0 atom stereocenters. The number of hydrogen-bond donors (Lipinski definition) is 0. The Bertz CT molecular complexity index is 853. The highest BCUT2D eigenvalue weighted by atomic mass is 16.6. The number of ketones is 1. The van der Waals surface area contributed by atoms with Gasteiger partial charge >= 0.3 is 0 Å². The molecule has 0 aromatic heterocycles. The van der Waals surface area contributed by atoms with E-state index in [0.29, 0.717) is 17.7 Å². The topological polar surface area (TPSA) is 72.6 Å². The van der Waals surface area contributed by atoms with Crippen molar-refractivity contribution in [2.45, 2.75) is 26.7 Å². The largest absolute Gasteiger partial charge is 0.299 e. The molecule has 116 valence electrons. The minimum Gasteiger partial charge on any atom is -0.299 e. The van der Waals surface area contributed by atoms with E-state index < -0.39 is 4.92 Å². The molecule has 5 heteroatoms. The zero-order valence-corrected chi connectivity index (χ0v) is 13.0. The third kappa shape index (κ3) is 3.04. The van der Waals surface area contributed by atoms with Crippen molar-refractivity contribution >= 4 is 22.9 Å². The van der Waals surface area contributed by atoms with Crippen LogP contribution in [0.2, 0.25) is 0 Å². The van der Waals surface area contributed by atoms with E-state index in [1.54, 1.807) is 12.1 Å². The Morgan fingerprint density at radius 3 is 2.57 bits per heavy atom. The van der Waals surface area contributed by atoms with Gasteiger partial charge in [-0.25, -0.2) is 0 Å². The minimum atomic E-state index is -0.440. The Balaban J connectivity index is 2.13. The summed E-state index contributed by atoms with van der Waals surface area (Å²) in [7, 11) is 0. The van der Waals surface area contributed by atoms with E-state index in [0.717, 1.165) is 22.4 Å². The average Bonchev–Trinajstić information content (AvgIpc) is 2.66. The van der Waals surface area contributed by atoms with Crippen LogP contribution >= 0.6 is 0 Å². The van der Waals surface area contributed by atoms with Crippen LogP contribution in [0.1, 0.15) is 28.7 Å². The molecular weight excluding hydrogens is 292 g/mol. The fourth-order valence-electron chi connectivity index (χ4n) is 2.72. The molecule has 0 N–H and O–H groups in total. The number of hydrogen-bond acceptors (Lipinski definition) is 4. The third-order valence-corrected chi connectivity index (χ3v) is 4.09. The number of nitro groups is 1. The number of rotatable bonds is 2. The van der Waals surface area contributed by atoms with Gasteiger partial charge in [0, 0.05) is 30.5 Å². The summed E-state index contributed by atoms with van der Waals surface area (Å²) in [5.41, 5.74) is 5.14. The van der Waals surface area contributed by atoms with Gasteiger partial charge in [-0.15, -0.1) is 0 Å². The molecule has 1 heterocycles. The molecule has 5 nitrogen and oxygen atoms in total. The molecule has 1 aliphatic heterocycles. The number of non-ortho nitro benzene ring substituents is 1. The lowest BCUT2D eigenvalue weighted by Crippen LogP contribution is -2.09. The Labute approximate surface area is 133 Å². The molecule has 3 rings (SSSR count). The minimum absolute atomic E-state index is 0.00204. The summed E-state index contributed by atoms with van der Waals surface area (Å²) in [6, 6.07) is 10.3. The van der Waals surface area contributed by atoms with E-state index in [9.17, 15) is 14.9 Å². The van der Waals surface area contributed by atoms with Gasteiger partial charge in [0.15, 0.2) is 0 Å². The lowest BCUT2D eigenvalue weighted by molar-refractivity contribution is -0.384. The first-order valence-corrected chi connectivity index (χ1v) is 7.38. The van der Waals surface area contributed by atoms with E-state index >= 15 is 0 Å². The van der Waals surface area contributed by atoms with Crippen LogP contribution in [0.4, 0.5) is 11.4 Å². The van der Waals surface area contributed by atoms with Crippen LogP contribution in [0.5, 0.6) is 0 Å². The van der Waals surface area contributed by atoms with Gasteiger partial charge in [-0.2, -0.15) is 0 Å². The molecule has 2 aromatic rings. The number of Topliss-reactive ketones (excluding diaryl/α,β-unsaturated/α-hetero) is 1. The lowest BCUT2D eigenvalue weighted by Gasteiger charge is -2.07. The zero-order chi connectivity index (χ0) is 16.6. The van der Waals surface area contributed by atoms with Crippen molar-refractivity contribution < 1.29 is 9.72 Å². The summed E-state index contributed by atoms with van der Waals surface area (Å²) < 4.78 is 0. The van der Waals surface area contributed by atoms with Crippen molar-refractivity contribution in [2.75, 3.05) is 0 Å². The monoisotopic (exact) mass is 308 g/mol. The molecule has 0 spiro atoms. The van der Waals surface area contributed by atoms with E-state index in [4.69, 9.17) is 0 Å². The van der Waals surface area contributed by atoms with Gasteiger partial charge in [0.25, 0.3) is 5.69 Å². The zero-order valence-electron chi connectivity index (χ0n) is 13.0. The van der Waals surface area contributed by atoms with Crippen LogP contribution < -0.4 is 0 Å². The summed E-state index contributed by atoms with van der Waals surface area (Å²) in [4.78, 5) is 27.4. The smallest absolute Gasteiger partial charge is 0.270 e. The Morgan fingerprint density at radius 2 is 1.83 bits per heavy atom. The maximum atomic E-state index is 12.2. The predicted octanol–water partition coefficient (Wildman–Crippen LogP) is 3.85. The molecule has 2 aromatic carbocycles. The number of aryl methyl sites for hydroxylation is 2. The lowest BCUT2D eigenvalue weighted by atomic mass is 9.99. The molecule has 1 aliphatic rings. The number of nitro benzene ring substituents is 1. The van der Waals surface area contributed by atoms with Gasteiger partial charge in [0.05, 0.1) is 16.3 Å². The summed E-state index contributed by atoms with van der Waals surface area (Å²) in [6.07, 6.45) is 0.534. The van der Waals surface area contributed by atoms with Crippen molar-refractivity contribution in [1.29, 1.82) is 0 Å². The van der Waals surface area contributed by atoms with Crippen LogP contribution in [-0.4, -0.2) is 16.4 Å². The van der Waals surface area contributed by atoms with Crippen molar-refractivity contribution in [3.05, 3.63) is 68.8 Å². The molecule has 0 bridgehead atoms. The quantitative estimate of drug-likeness (QED) is 0.625. The molecular formula is C18H16N2O3. The molecule has 0 saturated heterocycles. The summed E-state index contributed by atoms with van der Waals surface area (Å²) >= 11 is 0. The first-order chi connectivity index (χ1) is 10.9. The first-order valence-electron chi connectivity index (χ1n) is 7.38. The van der Waals surface area contributed by atoms with Crippen molar-refractivity contribution in [1.82, 2.24) is 0 Å². The van der Waals surface area contributed by atoms with Crippen LogP contribution in [0.3, 0.4) is 0 Å². The second kappa shape index (κ2) is 5.76. The molecule has 0 saturated carbocycles. The van der Waals surface area contributed by atoms with Crippen molar-refractivity contribution in [3.63, 3.8) is 0 Å². The third-order valence-electron chi connectivity index (χ3n) is 4.09. The number of carbonyl (C=O) groups is 1. The standard InChI is InChI=1S/C18H16N2O3/c1-11-6-14-9-16(21)10-18(19-17(14)7-12(11)2)13-4-3-5-15(8-13)20(22)23/h3-8H,9-10H2,1-2H3. The van der Waals surface area contributed by atoms with Gasteiger partial charge in [-0.3, -0.25) is 19.9 Å². The summed E-state index contributed by atoms with van der Waals surface area (Å²) in [5.74, 6) is 0.0669. The molecule has 0 unspecified atom stereocenters. The van der Waals surface area contributed by atoms with Crippen molar-refractivity contribution in [3.8, 4) is 0 Å². The molecule has 0 fully saturated rings. The fraction of sp³-hybridized carbons (Fsp3) is 0.222. The van der Waals surface area contributed by atoms with Gasteiger partial charge in [-0.1, -0.05) is 18.2 Å². The van der Waals surface area contributed by atoms with Crippen LogP contribution in [0.25, 0.3) is 0 Å². The molecule has 23 heavy (non-hydrogen) atoms. The summed E-state index contributed by atoms with van der Waals surface area (Å²) in [5, 5.41) is 10.9. The fourth-order valence-corrected chi connectivity index (χ4v) is 2.72. The maximum Gasteiger partial charge on any atom is 0.270 e. The maximum absolute atomic E-state index is 12.2. The number of benzene rings is 2. The number of carbonyl (C=O) groups excluding carboxylic acids is 1. The van der Waals surface area contributed by atoms with Crippen LogP contribution in [-0.2, 0) is 11.2 Å². The Kier molecular flexibility index (Phi) is 3.78. The predicted molar refractivity (Wildman–Crippen MR) is 88.5 cm³/mol. The number of fused-ring (bicyclic) bond motifs is 1. The van der Waals surface area contributed by atoms with Gasteiger partial charge in [-0.05, 0) is 36.6 Å². The van der Waals surface area contributed by atoms with Crippen LogP contribution in [0, 0.1) is 24.0 Å². The van der Waals surface area contributed by atoms with Crippen LogP contribution in [0.15, 0.2) is 41.4 Å². The van der Waals surface area contributed by atoms with E-state index in [1.165, 1.54) is 12.1 Å². The highest BCUT2D eigenvalue weighted by Crippen LogP contribution is 2.29. The number of aliphatic imine (C=N–C) groups is 1. The Morgan fingerprint density at radius 1 is 1.09 bits per heavy atom. The highest BCUT2D eigenvalue weighted by molar-refractivity contribution is 6.13. The SMILES string of the molecule is Cc1cc2c(cc1C)N=C(c1cccc([N+](=O)[O-])c1)CC(=O)C2. The highest BCUT2D eigenvalue weighted by Gasteiger charge is 2.19. The Hall–Kier alpha value is -2.82. The molecule has 0 amide bonds. The van der Waals surface area contributed by atoms with E-state index in [2.05, 4.69) is 4.99 Å². The number of nitrogens with zero attached hydrogens (tertiary/aromatic N) is 2. The van der Waals surface area contributed by atoms with Gasteiger partial charge in [0.2, 0.25) is 0 Å². The van der Waals surface area contributed by atoms with E-state index in [-0.39, 0.29) is 17.9 Å². The van der Waals surface area contributed by atoms with E-state index in [1.807, 2.05) is 26.0 Å². The molecule has 0 radical (unpaired) electrons. The van der Waals surface area contributed by atoms with Crippen molar-refractivity contribution in [2.24, 2.45) is 4.99 Å². The second-order valence-electron chi connectivity index (χ2n) is 5.82. The average molecular weight is 308 g/mol. The van der Waals surface area contributed by atoms with Gasteiger partial charge < -0.3 is 0 Å². The van der Waals surface area contributed by atoms with Gasteiger partial charge in [0.1, 0.15) is 5.78 Å². The normalized spacial score (nSPS) is 14.0.